The maximum atomic E-state index is 9.60. The van der Waals surface area contributed by atoms with E-state index in [1.54, 1.807) is 0 Å². The van der Waals surface area contributed by atoms with Crippen molar-refractivity contribution in [2.24, 2.45) is 17.8 Å². The molecule has 12 heavy (non-hydrogen) atoms. The summed E-state index contributed by atoms with van der Waals surface area (Å²) in [5, 5.41) is 9.98. The van der Waals surface area contributed by atoms with Gasteiger partial charge in [0.1, 0.15) is 0 Å². The van der Waals surface area contributed by atoms with Crippen molar-refractivity contribution in [3.63, 3.8) is 0 Å². The zero-order valence-corrected chi connectivity index (χ0v) is 9.09. The molecule has 0 aromatic rings. The first-order valence-electron chi connectivity index (χ1n) is 4.90. The Morgan fingerprint density at radius 3 is 2.42 bits per heavy atom. The molecule has 0 aromatic heterocycles. The summed E-state index contributed by atoms with van der Waals surface area (Å²) >= 11 is 4.59. The quantitative estimate of drug-likeness (QED) is 0.605. The molecule has 1 nitrogen and oxygen atoms in total. The molecule has 0 aromatic carbocycles. The molecule has 2 unspecified atom stereocenters. The second-order valence-corrected chi connectivity index (χ2v) is 5.00. The molecular formula is C10H20OS. The normalized spacial score (nSPS) is 43.5. The van der Waals surface area contributed by atoms with Gasteiger partial charge >= 0.3 is 0 Å². The highest BCUT2D eigenvalue weighted by atomic mass is 32.1. The van der Waals surface area contributed by atoms with Gasteiger partial charge in [-0.1, -0.05) is 20.8 Å². The molecule has 0 radical (unpaired) electrons. The smallest absolute Gasteiger partial charge is 0.0576 e. The van der Waals surface area contributed by atoms with E-state index >= 15 is 0 Å². The van der Waals surface area contributed by atoms with E-state index in [0.717, 1.165) is 12.8 Å². The lowest BCUT2D eigenvalue weighted by Gasteiger charge is -2.38. The van der Waals surface area contributed by atoms with Crippen molar-refractivity contribution in [2.75, 3.05) is 0 Å². The minimum Gasteiger partial charge on any atom is -0.393 e. The van der Waals surface area contributed by atoms with Gasteiger partial charge < -0.3 is 5.11 Å². The van der Waals surface area contributed by atoms with Crippen LogP contribution in [0.4, 0.5) is 0 Å². The van der Waals surface area contributed by atoms with Crippen LogP contribution in [0.2, 0.25) is 0 Å². The van der Waals surface area contributed by atoms with Crippen LogP contribution in [-0.4, -0.2) is 16.5 Å². The summed E-state index contributed by atoms with van der Waals surface area (Å²) in [5.74, 6) is 1.74. The van der Waals surface area contributed by atoms with E-state index in [1.165, 1.54) is 0 Å². The molecule has 0 spiro atoms. The van der Waals surface area contributed by atoms with Crippen molar-refractivity contribution >= 4 is 12.6 Å². The van der Waals surface area contributed by atoms with Gasteiger partial charge in [-0.15, -0.1) is 0 Å². The summed E-state index contributed by atoms with van der Waals surface area (Å²) in [4.78, 5) is 0. The van der Waals surface area contributed by atoms with Crippen LogP contribution in [0.25, 0.3) is 0 Å². The number of rotatable bonds is 1. The zero-order valence-electron chi connectivity index (χ0n) is 8.20. The Kier molecular flexibility index (Phi) is 3.47. The first kappa shape index (κ1) is 10.4. The Labute approximate surface area is 81.0 Å². The first-order valence-corrected chi connectivity index (χ1v) is 5.41. The Hall–Kier alpha value is 0.310. The Morgan fingerprint density at radius 2 is 1.92 bits per heavy atom. The van der Waals surface area contributed by atoms with Crippen LogP contribution in [0, 0.1) is 17.8 Å². The van der Waals surface area contributed by atoms with Gasteiger partial charge in [0.05, 0.1) is 6.10 Å². The predicted octanol–water partition coefficient (Wildman–Crippen LogP) is 2.35. The van der Waals surface area contributed by atoms with Crippen LogP contribution in [0.15, 0.2) is 0 Å². The largest absolute Gasteiger partial charge is 0.393 e. The SMILES string of the molecule is CC(C)[C@H]1CC[C@H](O)C(C)C1S. The van der Waals surface area contributed by atoms with Gasteiger partial charge in [-0.25, -0.2) is 0 Å². The van der Waals surface area contributed by atoms with Crippen LogP contribution in [-0.2, 0) is 0 Å². The van der Waals surface area contributed by atoms with Crippen LogP contribution >= 0.6 is 12.6 Å². The number of thiol groups is 1. The summed E-state index contributed by atoms with van der Waals surface area (Å²) in [6, 6.07) is 0. The van der Waals surface area contributed by atoms with Gasteiger partial charge in [0.25, 0.3) is 0 Å². The molecular weight excluding hydrogens is 168 g/mol. The van der Waals surface area contributed by atoms with Gasteiger partial charge in [0.2, 0.25) is 0 Å². The predicted molar refractivity (Wildman–Crippen MR) is 55.5 cm³/mol. The maximum Gasteiger partial charge on any atom is 0.0576 e. The van der Waals surface area contributed by atoms with Crippen molar-refractivity contribution in [1.29, 1.82) is 0 Å². The van der Waals surface area contributed by atoms with Crippen molar-refractivity contribution in [1.82, 2.24) is 0 Å². The summed E-state index contributed by atoms with van der Waals surface area (Å²) in [6.07, 6.45) is 1.97. The zero-order chi connectivity index (χ0) is 9.30. The highest BCUT2D eigenvalue weighted by Crippen LogP contribution is 2.37. The van der Waals surface area contributed by atoms with Crippen LogP contribution < -0.4 is 0 Å². The average Bonchev–Trinajstić information content (AvgIpc) is 2.00. The minimum atomic E-state index is -0.123. The Balaban J connectivity index is 2.58. The molecule has 0 saturated heterocycles. The van der Waals surface area contributed by atoms with E-state index in [9.17, 15) is 5.11 Å². The molecule has 0 aliphatic heterocycles. The van der Waals surface area contributed by atoms with Gasteiger partial charge in [-0.05, 0) is 30.6 Å². The number of hydrogen-bond donors (Lipinski definition) is 2. The van der Waals surface area contributed by atoms with Crippen molar-refractivity contribution in [3.8, 4) is 0 Å². The van der Waals surface area contributed by atoms with Crippen LogP contribution in [0.3, 0.4) is 0 Å². The van der Waals surface area contributed by atoms with Crippen molar-refractivity contribution in [3.05, 3.63) is 0 Å². The lowest BCUT2D eigenvalue weighted by atomic mass is 9.75. The monoisotopic (exact) mass is 188 g/mol. The van der Waals surface area contributed by atoms with Gasteiger partial charge in [-0.3, -0.25) is 0 Å². The Bertz CT molecular complexity index is 147. The number of aliphatic hydroxyl groups is 1. The third kappa shape index (κ3) is 1.97. The molecule has 2 heteroatoms. The van der Waals surface area contributed by atoms with E-state index in [1.807, 2.05) is 0 Å². The van der Waals surface area contributed by atoms with Crippen molar-refractivity contribution < 1.29 is 5.11 Å². The minimum absolute atomic E-state index is 0.123. The molecule has 1 aliphatic carbocycles. The van der Waals surface area contributed by atoms with Crippen molar-refractivity contribution in [2.45, 2.75) is 45.0 Å². The summed E-state index contributed by atoms with van der Waals surface area (Å²) in [5.41, 5.74) is 0. The lowest BCUT2D eigenvalue weighted by Crippen LogP contribution is -2.39. The molecule has 1 rings (SSSR count). The Morgan fingerprint density at radius 1 is 1.33 bits per heavy atom. The molecule has 0 heterocycles. The fourth-order valence-corrected chi connectivity index (χ4v) is 2.83. The third-order valence-corrected chi connectivity index (χ3v) is 4.09. The van der Waals surface area contributed by atoms with E-state index in [0.29, 0.717) is 23.0 Å². The molecule has 0 amide bonds. The molecule has 1 saturated carbocycles. The maximum absolute atomic E-state index is 9.60. The van der Waals surface area contributed by atoms with E-state index in [4.69, 9.17) is 0 Å². The van der Waals surface area contributed by atoms with Crippen LogP contribution in [0.1, 0.15) is 33.6 Å². The first-order chi connectivity index (χ1) is 5.54. The molecule has 1 aliphatic rings. The highest BCUT2D eigenvalue weighted by molar-refractivity contribution is 7.81. The van der Waals surface area contributed by atoms with E-state index in [-0.39, 0.29) is 6.10 Å². The molecule has 1 N–H and O–H groups in total. The topological polar surface area (TPSA) is 20.2 Å². The lowest BCUT2D eigenvalue weighted by molar-refractivity contribution is 0.0526. The van der Waals surface area contributed by atoms with Gasteiger partial charge in [0.15, 0.2) is 0 Å². The average molecular weight is 188 g/mol. The number of hydrogen-bond acceptors (Lipinski definition) is 2. The van der Waals surface area contributed by atoms with Gasteiger partial charge in [0, 0.05) is 5.25 Å². The second-order valence-electron chi connectivity index (χ2n) is 4.40. The fraction of sp³-hybridized carbons (Fsp3) is 1.00. The number of aliphatic hydroxyl groups excluding tert-OH is 1. The second kappa shape index (κ2) is 4.01. The fourth-order valence-electron chi connectivity index (χ4n) is 2.14. The summed E-state index contributed by atoms with van der Waals surface area (Å²) in [6.45, 7) is 6.60. The highest BCUT2D eigenvalue weighted by Gasteiger charge is 2.34. The summed E-state index contributed by atoms with van der Waals surface area (Å²) in [7, 11) is 0. The molecule has 0 bridgehead atoms. The van der Waals surface area contributed by atoms with E-state index in [2.05, 4.69) is 33.4 Å². The summed E-state index contributed by atoms with van der Waals surface area (Å²) < 4.78 is 0. The third-order valence-electron chi connectivity index (χ3n) is 3.24. The molecule has 1 fully saturated rings. The molecule has 72 valence electrons. The standard InChI is InChI=1S/C10H20OS/c1-6(2)8-4-5-9(11)7(3)10(8)12/h6-12H,4-5H2,1-3H3/t7?,8-,9+,10?/m1/s1. The van der Waals surface area contributed by atoms with Crippen LogP contribution in [0.5, 0.6) is 0 Å². The molecule has 4 atom stereocenters. The van der Waals surface area contributed by atoms with E-state index < -0.39 is 0 Å². The van der Waals surface area contributed by atoms with Gasteiger partial charge in [-0.2, -0.15) is 12.6 Å².